The van der Waals surface area contributed by atoms with Gasteiger partial charge in [0.05, 0.1) is 31.4 Å². The Morgan fingerprint density at radius 3 is 2.82 bits per heavy atom. The molecule has 1 heterocycles. The molecule has 0 bridgehead atoms. The zero-order chi connectivity index (χ0) is 12.5. The Kier molecular flexibility index (Phi) is 3.61. The minimum absolute atomic E-state index is 0.00464. The van der Waals surface area contributed by atoms with Crippen LogP contribution in [0.1, 0.15) is 25.5 Å². The molecule has 0 spiro atoms. The highest BCUT2D eigenvalue weighted by molar-refractivity contribution is 6.32. The van der Waals surface area contributed by atoms with Crippen LogP contribution in [0.15, 0.2) is 18.2 Å². The van der Waals surface area contributed by atoms with E-state index < -0.39 is 0 Å². The van der Waals surface area contributed by atoms with Crippen LogP contribution in [-0.2, 0) is 4.74 Å². The van der Waals surface area contributed by atoms with Crippen molar-refractivity contribution in [3.05, 3.63) is 28.8 Å². The average molecular weight is 256 g/mol. The van der Waals surface area contributed by atoms with Crippen LogP contribution in [0.25, 0.3) is 0 Å². The van der Waals surface area contributed by atoms with Crippen LogP contribution in [0.5, 0.6) is 5.75 Å². The molecule has 1 aliphatic rings. The van der Waals surface area contributed by atoms with Gasteiger partial charge in [-0.05, 0) is 31.5 Å². The maximum Gasteiger partial charge on any atom is 0.137 e. The van der Waals surface area contributed by atoms with Crippen LogP contribution in [0.2, 0.25) is 5.02 Å². The average Bonchev–Trinajstić information content (AvgIpc) is 2.27. The van der Waals surface area contributed by atoms with Crippen LogP contribution >= 0.6 is 11.6 Å². The van der Waals surface area contributed by atoms with Gasteiger partial charge in [-0.15, -0.1) is 0 Å². The van der Waals surface area contributed by atoms with Gasteiger partial charge in [0.2, 0.25) is 0 Å². The Morgan fingerprint density at radius 1 is 1.47 bits per heavy atom. The maximum absolute atomic E-state index is 6.13. The van der Waals surface area contributed by atoms with Crippen molar-refractivity contribution < 1.29 is 9.47 Å². The molecular weight excluding hydrogens is 238 g/mol. The first-order valence-corrected chi connectivity index (χ1v) is 6.08. The van der Waals surface area contributed by atoms with Crippen LogP contribution in [0.4, 0.5) is 0 Å². The summed E-state index contributed by atoms with van der Waals surface area (Å²) in [5.74, 6) is 0.700. The molecule has 3 nitrogen and oxygen atoms in total. The minimum Gasteiger partial charge on any atom is -0.495 e. The number of nitrogens with one attached hydrogen (secondary N) is 1. The molecule has 0 amide bonds. The molecule has 1 N–H and O–H groups in total. The molecule has 1 saturated heterocycles. The zero-order valence-corrected chi connectivity index (χ0v) is 11.2. The molecule has 1 aromatic rings. The predicted molar refractivity (Wildman–Crippen MR) is 68.8 cm³/mol. The first kappa shape index (κ1) is 12.7. The van der Waals surface area contributed by atoms with E-state index in [1.807, 2.05) is 18.2 Å². The second kappa shape index (κ2) is 4.84. The molecule has 1 atom stereocenters. The van der Waals surface area contributed by atoms with Crippen molar-refractivity contribution in [2.75, 3.05) is 20.3 Å². The summed E-state index contributed by atoms with van der Waals surface area (Å²) in [5.41, 5.74) is 1.12. The summed E-state index contributed by atoms with van der Waals surface area (Å²) >= 11 is 6.13. The fourth-order valence-corrected chi connectivity index (χ4v) is 2.33. The Hall–Kier alpha value is -0.770. The van der Waals surface area contributed by atoms with Gasteiger partial charge >= 0.3 is 0 Å². The number of ether oxygens (including phenoxy) is 2. The van der Waals surface area contributed by atoms with Crippen molar-refractivity contribution >= 4 is 11.6 Å². The largest absolute Gasteiger partial charge is 0.495 e. The third kappa shape index (κ3) is 2.92. The number of hydrogen-bond acceptors (Lipinski definition) is 3. The lowest BCUT2D eigenvalue weighted by Gasteiger charge is -2.37. The third-order valence-corrected chi connectivity index (χ3v) is 3.19. The Balaban J connectivity index is 2.19. The van der Waals surface area contributed by atoms with E-state index in [4.69, 9.17) is 21.1 Å². The SMILES string of the molecule is COc1ccc(C2COCC(C)(C)N2)cc1Cl. The zero-order valence-electron chi connectivity index (χ0n) is 10.4. The van der Waals surface area contributed by atoms with Crippen molar-refractivity contribution in [1.82, 2.24) is 5.32 Å². The quantitative estimate of drug-likeness (QED) is 0.882. The van der Waals surface area contributed by atoms with Gasteiger partial charge in [-0.3, -0.25) is 0 Å². The molecule has 94 valence electrons. The summed E-state index contributed by atoms with van der Waals surface area (Å²) in [6, 6.07) is 6.03. The number of methoxy groups -OCH3 is 1. The molecule has 0 saturated carbocycles. The monoisotopic (exact) mass is 255 g/mol. The van der Waals surface area contributed by atoms with Crippen LogP contribution in [-0.4, -0.2) is 25.9 Å². The number of halogens is 1. The predicted octanol–water partition coefficient (Wildman–Crippen LogP) is 2.79. The molecule has 0 aromatic heterocycles. The summed E-state index contributed by atoms with van der Waals surface area (Å²) in [4.78, 5) is 0. The molecule has 4 heteroatoms. The molecule has 1 aromatic carbocycles. The topological polar surface area (TPSA) is 30.5 Å². The molecule has 17 heavy (non-hydrogen) atoms. The maximum atomic E-state index is 6.13. The van der Waals surface area contributed by atoms with Gasteiger partial charge in [-0.25, -0.2) is 0 Å². The highest BCUT2D eigenvalue weighted by Crippen LogP contribution is 2.29. The first-order chi connectivity index (χ1) is 8.02. The lowest BCUT2D eigenvalue weighted by Crippen LogP contribution is -2.51. The number of morpholine rings is 1. The number of hydrogen-bond donors (Lipinski definition) is 1. The van der Waals surface area contributed by atoms with Crippen molar-refractivity contribution in [2.45, 2.75) is 25.4 Å². The van der Waals surface area contributed by atoms with E-state index >= 15 is 0 Å². The summed E-state index contributed by atoms with van der Waals surface area (Å²) in [6.45, 7) is 5.66. The molecule has 0 radical (unpaired) electrons. The molecule has 0 aliphatic carbocycles. The highest BCUT2D eigenvalue weighted by atomic mass is 35.5. The van der Waals surface area contributed by atoms with Gasteiger partial charge < -0.3 is 14.8 Å². The number of benzene rings is 1. The standard InChI is InChI=1S/C13H18ClNO2/c1-13(2)8-17-7-11(15-13)9-4-5-12(16-3)10(14)6-9/h4-6,11,15H,7-8H2,1-3H3. The smallest absolute Gasteiger partial charge is 0.137 e. The van der Waals surface area contributed by atoms with Gasteiger partial charge in [-0.2, -0.15) is 0 Å². The fraction of sp³-hybridized carbons (Fsp3) is 0.538. The Labute approximate surface area is 107 Å². The normalized spacial score (nSPS) is 23.4. The van der Waals surface area contributed by atoms with Crippen molar-refractivity contribution in [1.29, 1.82) is 0 Å². The first-order valence-electron chi connectivity index (χ1n) is 5.71. The second-order valence-electron chi connectivity index (χ2n) is 4.99. The van der Waals surface area contributed by atoms with Gasteiger partial charge in [0.25, 0.3) is 0 Å². The van der Waals surface area contributed by atoms with Gasteiger partial charge in [0.15, 0.2) is 0 Å². The lowest BCUT2D eigenvalue weighted by molar-refractivity contribution is 0.0127. The van der Waals surface area contributed by atoms with Gasteiger partial charge in [0, 0.05) is 5.54 Å². The molecule has 1 aliphatic heterocycles. The van der Waals surface area contributed by atoms with E-state index in [1.54, 1.807) is 7.11 Å². The van der Waals surface area contributed by atoms with E-state index in [1.165, 1.54) is 0 Å². The van der Waals surface area contributed by atoms with E-state index in [0.29, 0.717) is 17.4 Å². The molecule has 1 fully saturated rings. The summed E-state index contributed by atoms with van der Waals surface area (Å²) in [5, 5.41) is 4.18. The fourth-order valence-electron chi connectivity index (χ4n) is 2.07. The van der Waals surface area contributed by atoms with Crippen molar-refractivity contribution in [3.8, 4) is 5.75 Å². The van der Waals surface area contributed by atoms with E-state index in [-0.39, 0.29) is 11.6 Å². The molecule has 1 unspecified atom stereocenters. The van der Waals surface area contributed by atoms with E-state index in [9.17, 15) is 0 Å². The Morgan fingerprint density at radius 2 is 2.24 bits per heavy atom. The molecular formula is C13H18ClNO2. The third-order valence-electron chi connectivity index (χ3n) is 2.89. The highest BCUT2D eigenvalue weighted by Gasteiger charge is 2.28. The van der Waals surface area contributed by atoms with Gasteiger partial charge in [0.1, 0.15) is 5.75 Å². The van der Waals surface area contributed by atoms with Crippen LogP contribution in [0.3, 0.4) is 0 Å². The summed E-state index contributed by atoms with van der Waals surface area (Å²) in [7, 11) is 1.62. The number of rotatable bonds is 2. The second-order valence-corrected chi connectivity index (χ2v) is 5.40. The Bertz CT molecular complexity index is 406. The van der Waals surface area contributed by atoms with Crippen molar-refractivity contribution in [2.24, 2.45) is 0 Å². The van der Waals surface area contributed by atoms with Crippen molar-refractivity contribution in [3.63, 3.8) is 0 Å². The van der Waals surface area contributed by atoms with E-state index in [2.05, 4.69) is 19.2 Å². The molecule has 2 rings (SSSR count). The minimum atomic E-state index is -0.00464. The van der Waals surface area contributed by atoms with E-state index in [0.717, 1.165) is 12.2 Å². The summed E-state index contributed by atoms with van der Waals surface area (Å²) < 4.78 is 10.8. The van der Waals surface area contributed by atoms with Gasteiger partial charge in [-0.1, -0.05) is 17.7 Å². The summed E-state index contributed by atoms with van der Waals surface area (Å²) in [6.07, 6.45) is 0. The van der Waals surface area contributed by atoms with Crippen LogP contribution < -0.4 is 10.1 Å². The lowest BCUT2D eigenvalue weighted by atomic mass is 9.99. The van der Waals surface area contributed by atoms with Crippen LogP contribution in [0, 0.1) is 0 Å².